The lowest BCUT2D eigenvalue weighted by Crippen LogP contribution is -2.25. The summed E-state index contributed by atoms with van der Waals surface area (Å²) in [7, 11) is 3.16. The van der Waals surface area contributed by atoms with E-state index in [4.69, 9.17) is 21.7 Å². The van der Waals surface area contributed by atoms with E-state index in [1.54, 1.807) is 30.9 Å². The molecule has 0 bridgehead atoms. The molecule has 3 rings (SSSR count). The highest BCUT2D eigenvalue weighted by molar-refractivity contribution is 7.71. The molecule has 6 heteroatoms. The molecular formula is C15H16N2O3S. The van der Waals surface area contributed by atoms with E-state index in [0.717, 1.165) is 36.2 Å². The van der Waals surface area contributed by atoms with Crippen LogP contribution in [0.25, 0.3) is 5.69 Å². The van der Waals surface area contributed by atoms with Crippen LogP contribution < -0.4 is 15.2 Å². The van der Waals surface area contributed by atoms with Crippen molar-refractivity contribution in [1.29, 1.82) is 0 Å². The minimum Gasteiger partial charge on any atom is -0.493 e. The van der Waals surface area contributed by atoms with Crippen LogP contribution in [0.5, 0.6) is 11.5 Å². The predicted octanol–water partition coefficient (Wildman–Crippen LogP) is 2.40. The van der Waals surface area contributed by atoms with Gasteiger partial charge in [0.2, 0.25) is 0 Å². The number of nitrogens with one attached hydrogen (secondary N) is 1. The minimum atomic E-state index is -0.215. The van der Waals surface area contributed by atoms with Gasteiger partial charge in [0.15, 0.2) is 11.5 Å². The van der Waals surface area contributed by atoms with E-state index >= 15 is 0 Å². The first-order valence-electron chi connectivity index (χ1n) is 6.75. The summed E-state index contributed by atoms with van der Waals surface area (Å²) in [6.07, 6.45) is 2.79. The number of rotatable bonds is 3. The van der Waals surface area contributed by atoms with Crippen molar-refractivity contribution in [3.05, 3.63) is 44.6 Å². The Morgan fingerprint density at radius 2 is 1.95 bits per heavy atom. The summed E-state index contributed by atoms with van der Waals surface area (Å²) in [5.74, 6) is 1.23. The number of methoxy groups -OCH3 is 2. The van der Waals surface area contributed by atoms with Gasteiger partial charge >= 0.3 is 5.69 Å². The predicted molar refractivity (Wildman–Crippen MR) is 82.4 cm³/mol. The molecule has 1 heterocycles. The van der Waals surface area contributed by atoms with Crippen LogP contribution in [0.2, 0.25) is 0 Å². The number of nitrogens with zero attached hydrogens (tertiary/aromatic N) is 1. The summed E-state index contributed by atoms with van der Waals surface area (Å²) in [4.78, 5) is 15.1. The maximum absolute atomic E-state index is 12.3. The molecule has 0 saturated heterocycles. The number of hydrogen-bond acceptors (Lipinski definition) is 4. The third-order valence-electron chi connectivity index (χ3n) is 3.78. The fraction of sp³-hybridized carbons (Fsp3) is 0.333. The second-order valence-electron chi connectivity index (χ2n) is 4.91. The quantitative estimate of drug-likeness (QED) is 0.885. The van der Waals surface area contributed by atoms with E-state index in [-0.39, 0.29) is 5.69 Å². The summed E-state index contributed by atoms with van der Waals surface area (Å²) in [6.45, 7) is 0. The summed E-state index contributed by atoms with van der Waals surface area (Å²) < 4.78 is 12.8. The van der Waals surface area contributed by atoms with Gasteiger partial charge in [-0.1, -0.05) is 12.2 Å². The van der Waals surface area contributed by atoms with E-state index < -0.39 is 0 Å². The lowest BCUT2D eigenvalue weighted by atomic mass is 10.2. The summed E-state index contributed by atoms with van der Waals surface area (Å²) in [5, 5.41) is 0. The SMILES string of the molecule is COc1ccc(-n2c3c(c(=S)[nH]c2=O)CCC3)cc1OC. The zero-order valence-corrected chi connectivity index (χ0v) is 12.8. The Morgan fingerprint density at radius 1 is 1.19 bits per heavy atom. The summed E-state index contributed by atoms with van der Waals surface area (Å²) in [6, 6.07) is 5.44. The number of aromatic amines is 1. The fourth-order valence-electron chi connectivity index (χ4n) is 2.81. The van der Waals surface area contributed by atoms with Crippen molar-refractivity contribution in [1.82, 2.24) is 9.55 Å². The highest BCUT2D eigenvalue weighted by Crippen LogP contribution is 2.30. The molecular weight excluding hydrogens is 288 g/mol. The van der Waals surface area contributed by atoms with Gasteiger partial charge in [-0.25, -0.2) is 4.79 Å². The number of hydrogen-bond donors (Lipinski definition) is 1. The Labute approximate surface area is 127 Å². The van der Waals surface area contributed by atoms with Gasteiger partial charge in [-0.05, 0) is 31.4 Å². The Hall–Kier alpha value is -2.08. The van der Waals surface area contributed by atoms with E-state index in [1.165, 1.54) is 0 Å². The number of ether oxygens (including phenoxy) is 2. The molecule has 1 aliphatic carbocycles. The maximum Gasteiger partial charge on any atom is 0.331 e. The molecule has 0 radical (unpaired) electrons. The van der Waals surface area contributed by atoms with Crippen LogP contribution in [0.3, 0.4) is 0 Å². The zero-order chi connectivity index (χ0) is 15.0. The molecule has 0 aliphatic heterocycles. The second kappa shape index (κ2) is 5.37. The van der Waals surface area contributed by atoms with Crippen LogP contribution in [0.1, 0.15) is 17.7 Å². The molecule has 2 aromatic rings. The van der Waals surface area contributed by atoms with Crippen LogP contribution in [-0.2, 0) is 12.8 Å². The van der Waals surface area contributed by atoms with Crippen molar-refractivity contribution >= 4 is 12.2 Å². The normalized spacial score (nSPS) is 13.0. The van der Waals surface area contributed by atoms with Crippen LogP contribution in [0.4, 0.5) is 0 Å². The van der Waals surface area contributed by atoms with Gasteiger partial charge in [-0.2, -0.15) is 0 Å². The van der Waals surface area contributed by atoms with E-state index in [1.807, 2.05) is 6.07 Å². The molecule has 1 aliphatic rings. The average molecular weight is 304 g/mol. The van der Waals surface area contributed by atoms with Crippen LogP contribution in [0, 0.1) is 4.64 Å². The van der Waals surface area contributed by atoms with E-state index in [2.05, 4.69) is 4.98 Å². The van der Waals surface area contributed by atoms with Crippen molar-refractivity contribution in [3.8, 4) is 17.2 Å². The Morgan fingerprint density at radius 3 is 2.67 bits per heavy atom. The highest BCUT2D eigenvalue weighted by Gasteiger charge is 2.19. The number of H-pyrrole nitrogens is 1. The van der Waals surface area contributed by atoms with Crippen LogP contribution in [0.15, 0.2) is 23.0 Å². The fourth-order valence-corrected chi connectivity index (χ4v) is 3.11. The smallest absolute Gasteiger partial charge is 0.331 e. The third-order valence-corrected chi connectivity index (χ3v) is 4.13. The highest BCUT2D eigenvalue weighted by atomic mass is 32.1. The van der Waals surface area contributed by atoms with Crippen molar-refractivity contribution in [2.75, 3.05) is 14.2 Å². The molecule has 5 nitrogen and oxygen atoms in total. The molecule has 1 aromatic heterocycles. The summed E-state index contributed by atoms with van der Waals surface area (Å²) in [5.41, 5.74) is 2.60. The lowest BCUT2D eigenvalue weighted by Gasteiger charge is -2.14. The Kier molecular flexibility index (Phi) is 3.55. The van der Waals surface area contributed by atoms with Gasteiger partial charge in [0.1, 0.15) is 4.64 Å². The van der Waals surface area contributed by atoms with Crippen LogP contribution >= 0.6 is 12.2 Å². The van der Waals surface area contributed by atoms with Crippen LogP contribution in [-0.4, -0.2) is 23.8 Å². The average Bonchev–Trinajstić information content (AvgIpc) is 2.96. The van der Waals surface area contributed by atoms with E-state index in [0.29, 0.717) is 16.1 Å². The number of fused-ring (bicyclic) bond motifs is 1. The molecule has 1 N–H and O–H groups in total. The Bertz CT molecular complexity index is 808. The first-order chi connectivity index (χ1) is 10.2. The van der Waals surface area contributed by atoms with Gasteiger partial charge in [0, 0.05) is 17.3 Å². The van der Waals surface area contributed by atoms with Crippen molar-refractivity contribution in [2.24, 2.45) is 0 Å². The first-order valence-corrected chi connectivity index (χ1v) is 7.16. The van der Waals surface area contributed by atoms with Gasteiger partial charge in [-0.15, -0.1) is 0 Å². The topological polar surface area (TPSA) is 56.2 Å². The zero-order valence-electron chi connectivity index (χ0n) is 11.9. The molecule has 0 fully saturated rings. The number of benzene rings is 1. The van der Waals surface area contributed by atoms with E-state index in [9.17, 15) is 4.79 Å². The molecule has 110 valence electrons. The van der Waals surface area contributed by atoms with Gasteiger partial charge in [0.25, 0.3) is 0 Å². The van der Waals surface area contributed by atoms with Crippen molar-refractivity contribution in [3.63, 3.8) is 0 Å². The molecule has 0 atom stereocenters. The maximum atomic E-state index is 12.3. The van der Waals surface area contributed by atoms with Gasteiger partial charge < -0.3 is 9.47 Å². The lowest BCUT2D eigenvalue weighted by molar-refractivity contribution is 0.355. The second-order valence-corrected chi connectivity index (χ2v) is 5.32. The number of aromatic nitrogens is 2. The van der Waals surface area contributed by atoms with Gasteiger partial charge in [-0.3, -0.25) is 9.55 Å². The molecule has 0 unspecified atom stereocenters. The standard InChI is InChI=1S/C15H16N2O3S/c1-19-12-7-6-9(8-13(12)20-2)17-11-5-3-4-10(11)14(21)16-15(17)18/h6-8H,3-5H2,1-2H3,(H,16,18,21). The monoisotopic (exact) mass is 304 g/mol. The van der Waals surface area contributed by atoms with Crippen molar-refractivity contribution in [2.45, 2.75) is 19.3 Å². The Balaban J connectivity index is 2.25. The molecule has 0 saturated carbocycles. The largest absolute Gasteiger partial charge is 0.493 e. The first kappa shape index (κ1) is 13.9. The third kappa shape index (κ3) is 2.25. The molecule has 21 heavy (non-hydrogen) atoms. The summed E-state index contributed by atoms with van der Waals surface area (Å²) >= 11 is 5.25. The molecule has 1 aromatic carbocycles. The van der Waals surface area contributed by atoms with Crippen molar-refractivity contribution < 1.29 is 9.47 Å². The van der Waals surface area contributed by atoms with Gasteiger partial charge in [0.05, 0.1) is 19.9 Å². The minimum absolute atomic E-state index is 0.215. The molecule has 0 amide bonds. The molecule has 0 spiro atoms.